The van der Waals surface area contributed by atoms with Crippen molar-refractivity contribution in [1.82, 2.24) is 18.3 Å². The number of fused-ring (bicyclic) bond motifs is 21. The maximum absolute atomic E-state index is 6.43. The number of thiophene rings is 1. The molecule has 0 bridgehead atoms. The fraction of sp³-hybridized carbons (Fsp3) is 0. The molecule has 0 saturated carbocycles. The van der Waals surface area contributed by atoms with Crippen LogP contribution in [0.1, 0.15) is 0 Å². The van der Waals surface area contributed by atoms with Crippen molar-refractivity contribution < 1.29 is 4.42 Å². The SMILES string of the molecule is c1ccc(-c2ccc(-n3c4ccccc4c4cc(-c5ccc6c(c5)c5cc7c(cc5n6-c5ccc6ccccc6c5)sc5ccccc57)ccc43)cc2)cc1.c1ccc(-c2ccc(-n3c4ccccc4c4cc(-c5ccc6c(c5)c5ccc7oc8ccccc8c7c5n6-c5ccc6ccccc6c5)ccc43)cc2)cc1. The highest BCUT2D eigenvalue weighted by atomic mass is 32.1. The first-order valence-electron chi connectivity index (χ1n) is 37.7. The van der Waals surface area contributed by atoms with Crippen molar-refractivity contribution in [3.05, 3.63) is 388 Å². The summed E-state index contributed by atoms with van der Waals surface area (Å²) in [5.41, 5.74) is 25.7. The molecule has 0 aliphatic carbocycles. The lowest BCUT2D eigenvalue weighted by Gasteiger charge is -2.11. The summed E-state index contributed by atoms with van der Waals surface area (Å²) in [6, 6.07) is 142. The number of hydrogen-bond acceptors (Lipinski definition) is 2. The number of furan rings is 1. The summed E-state index contributed by atoms with van der Waals surface area (Å²) in [5.74, 6) is 0. The average molecular weight is 1420 g/mol. The quantitative estimate of drug-likeness (QED) is 0.149. The van der Waals surface area contributed by atoms with Gasteiger partial charge in [-0.1, -0.05) is 243 Å². The van der Waals surface area contributed by atoms with Crippen molar-refractivity contribution in [3.63, 3.8) is 0 Å². The standard InChI is InChI=1S/C52H32N2O.C52H32N2S/c1-2-10-33(11-3-1)35-18-23-39(24-19-35)53-46-16-8-6-14-41(46)44-31-37(21-27-47(44)53)38-22-28-48-45(32-38)42-26-29-50-51(43-15-7-9-17-49(43)55-50)52(42)54(48)40-25-20-34-12-4-5-13-36(34)30-40;1-2-10-33(11-3-1)35-18-23-39(24-19-35)53-47-16-8-6-14-41(47)43-29-37(21-26-48(43)53)38-22-27-49-44(30-38)45-31-46-42-15-7-9-17-51(42)55-52(46)32-50(45)54(49)40-25-20-34-12-4-5-13-36(34)28-40/h2*1-32H. The third-order valence-corrected chi connectivity index (χ3v) is 24.1. The topological polar surface area (TPSA) is 32.9 Å². The van der Waals surface area contributed by atoms with Crippen molar-refractivity contribution >= 4 is 162 Å². The number of nitrogens with zero attached hydrogens (tertiary/aromatic N) is 4. The lowest BCUT2D eigenvalue weighted by molar-refractivity contribution is 0.669. The van der Waals surface area contributed by atoms with Gasteiger partial charge in [0.2, 0.25) is 0 Å². The van der Waals surface area contributed by atoms with Crippen LogP contribution in [0, 0.1) is 0 Å². The van der Waals surface area contributed by atoms with E-state index in [1.54, 1.807) is 0 Å². The van der Waals surface area contributed by atoms with Crippen molar-refractivity contribution in [2.45, 2.75) is 0 Å². The van der Waals surface area contributed by atoms with E-state index in [2.05, 4.69) is 400 Å². The Labute approximate surface area is 636 Å². The molecule has 512 valence electrons. The van der Waals surface area contributed by atoms with Crippen LogP contribution < -0.4 is 0 Å². The molecule has 110 heavy (non-hydrogen) atoms. The van der Waals surface area contributed by atoms with Gasteiger partial charge in [0.1, 0.15) is 11.2 Å². The Morgan fingerprint density at radius 3 is 1.11 bits per heavy atom. The van der Waals surface area contributed by atoms with Gasteiger partial charge in [-0.3, -0.25) is 0 Å². The largest absolute Gasteiger partial charge is 0.456 e. The van der Waals surface area contributed by atoms with Gasteiger partial charge >= 0.3 is 0 Å². The van der Waals surface area contributed by atoms with Crippen LogP contribution in [0.3, 0.4) is 0 Å². The molecule has 0 unspecified atom stereocenters. The smallest absolute Gasteiger partial charge is 0.137 e. The molecule has 0 amide bonds. The van der Waals surface area contributed by atoms with E-state index in [4.69, 9.17) is 4.42 Å². The second kappa shape index (κ2) is 24.6. The summed E-state index contributed by atoms with van der Waals surface area (Å²) in [6.07, 6.45) is 0. The van der Waals surface area contributed by atoms with Crippen LogP contribution in [0.15, 0.2) is 393 Å². The number of hydrogen-bond donors (Lipinski definition) is 0. The highest BCUT2D eigenvalue weighted by molar-refractivity contribution is 7.25. The first kappa shape index (κ1) is 62.0. The molecule has 0 N–H and O–H groups in total. The first-order valence-corrected chi connectivity index (χ1v) is 38.5. The highest BCUT2D eigenvalue weighted by Gasteiger charge is 2.23. The molecule has 0 fully saturated rings. The number of benzene rings is 18. The lowest BCUT2D eigenvalue weighted by atomic mass is 10.00. The summed E-state index contributed by atoms with van der Waals surface area (Å²) in [7, 11) is 0. The van der Waals surface area contributed by atoms with Gasteiger partial charge in [-0.2, -0.15) is 0 Å². The van der Waals surface area contributed by atoms with Crippen molar-refractivity contribution in [2.24, 2.45) is 0 Å². The van der Waals surface area contributed by atoms with Crippen LogP contribution in [0.4, 0.5) is 0 Å². The maximum atomic E-state index is 6.43. The van der Waals surface area contributed by atoms with Gasteiger partial charge in [-0.25, -0.2) is 0 Å². The summed E-state index contributed by atoms with van der Waals surface area (Å²) >= 11 is 1.88. The molecule has 0 saturated heterocycles. The van der Waals surface area contributed by atoms with Crippen LogP contribution in [-0.4, -0.2) is 18.3 Å². The maximum Gasteiger partial charge on any atom is 0.137 e. The minimum atomic E-state index is 0.898. The van der Waals surface area contributed by atoms with E-state index in [9.17, 15) is 0 Å². The Morgan fingerprint density at radius 1 is 0.182 bits per heavy atom. The Kier molecular flexibility index (Phi) is 13.9. The van der Waals surface area contributed by atoms with Gasteiger partial charge in [-0.05, 0) is 212 Å². The van der Waals surface area contributed by atoms with Crippen molar-refractivity contribution in [2.75, 3.05) is 0 Å². The van der Waals surface area contributed by atoms with Crippen LogP contribution in [0.2, 0.25) is 0 Å². The van der Waals surface area contributed by atoms with Crippen LogP contribution >= 0.6 is 11.3 Å². The zero-order valence-electron chi connectivity index (χ0n) is 59.6. The Balaban J connectivity index is 0.000000132. The summed E-state index contributed by atoms with van der Waals surface area (Å²) < 4.78 is 18.8. The van der Waals surface area contributed by atoms with Crippen LogP contribution in [-0.2, 0) is 0 Å². The van der Waals surface area contributed by atoms with E-state index in [0.717, 1.165) is 39.0 Å². The minimum absolute atomic E-state index is 0.898. The molecule has 6 heteroatoms. The monoisotopic (exact) mass is 1420 g/mol. The molecule has 6 heterocycles. The van der Waals surface area contributed by atoms with E-state index < -0.39 is 0 Å². The predicted octanol–water partition coefficient (Wildman–Crippen LogP) is 29.0. The van der Waals surface area contributed by atoms with Gasteiger partial charge in [0.25, 0.3) is 0 Å². The molecule has 5 nitrogen and oxygen atoms in total. The van der Waals surface area contributed by atoms with E-state index in [0.29, 0.717) is 0 Å². The molecule has 0 atom stereocenters. The zero-order valence-corrected chi connectivity index (χ0v) is 60.4. The summed E-state index contributed by atoms with van der Waals surface area (Å²) in [4.78, 5) is 0. The summed E-state index contributed by atoms with van der Waals surface area (Å²) in [5, 5.41) is 19.8. The normalized spacial score (nSPS) is 12.0. The fourth-order valence-electron chi connectivity index (χ4n) is 17.8. The van der Waals surface area contributed by atoms with Crippen LogP contribution in [0.25, 0.3) is 218 Å². The average Bonchev–Trinajstić information content (AvgIpc) is 1.58. The predicted molar refractivity (Wildman–Crippen MR) is 467 cm³/mol. The molecule has 24 rings (SSSR count). The molecular formula is C104H64N4OS. The third-order valence-electron chi connectivity index (χ3n) is 23.0. The lowest BCUT2D eigenvalue weighted by Crippen LogP contribution is -1.94. The van der Waals surface area contributed by atoms with E-state index in [-0.39, 0.29) is 0 Å². The van der Waals surface area contributed by atoms with Gasteiger partial charge in [0.05, 0.1) is 49.5 Å². The molecule has 0 spiro atoms. The van der Waals surface area contributed by atoms with Crippen molar-refractivity contribution in [1.29, 1.82) is 0 Å². The van der Waals surface area contributed by atoms with Gasteiger partial charge in [-0.15, -0.1) is 11.3 Å². The molecular weight excluding hydrogens is 1350 g/mol. The molecule has 0 radical (unpaired) electrons. The van der Waals surface area contributed by atoms with E-state index in [1.165, 1.54) is 179 Å². The Morgan fingerprint density at radius 2 is 0.564 bits per heavy atom. The first-order chi connectivity index (χ1) is 54.5. The summed E-state index contributed by atoms with van der Waals surface area (Å²) in [6.45, 7) is 0. The minimum Gasteiger partial charge on any atom is -0.456 e. The molecule has 6 aromatic heterocycles. The number of para-hydroxylation sites is 3. The van der Waals surface area contributed by atoms with E-state index in [1.807, 2.05) is 17.4 Å². The number of aromatic nitrogens is 4. The van der Waals surface area contributed by atoms with E-state index >= 15 is 0 Å². The molecule has 18 aromatic carbocycles. The highest BCUT2D eigenvalue weighted by Crippen LogP contribution is 2.47. The second-order valence-electron chi connectivity index (χ2n) is 29.1. The molecule has 24 aromatic rings. The Bertz CT molecular complexity index is 7670. The molecule has 0 aliphatic heterocycles. The van der Waals surface area contributed by atoms with Crippen molar-refractivity contribution in [3.8, 4) is 67.3 Å². The van der Waals surface area contributed by atoms with Crippen LogP contribution in [0.5, 0.6) is 0 Å². The molecule has 0 aliphatic rings. The second-order valence-corrected chi connectivity index (χ2v) is 30.2. The van der Waals surface area contributed by atoms with Gasteiger partial charge < -0.3 is 22.7 Å². The fourth-order valence-corrected chi connectivity index (χ4v) is 18.9. The van der Waals surface area contributed by atoms with Gasteiger partial charge in [0, 0.05) is 91.4 Å². The zero-order chi connectivity index (χ0) is 72.1. The number of rotatable bonds is 8. The van der Waals surface area contributed by atoms with Gasteiger partial charge in [0.15, 0.2) is 0 Å². The third kappa shape index (κ3) is 9.80. The Hall–Kier alpha value is -14.3.